The zero-order valence-corrected chi connectivity index (χ0v) is 13.4. The van der Waals surface area contributed by atoms with Crippen molar-refractivity contribution in [2.75, 3.05) is 0 Å². The number of aromatic amines is 1. The molecule has 1 N–H and O–H groups in total. The van der Waals surface area contributed by atoms with Gasteiger partial charge in [-0.15, -0.1) is 0 Å². The molecule has 0 bridgehead atoms. The van der Waals surface area contributed by atoms with Crippen molar-refractivity contribution in [2.45, 2.75) is 13.5 Å². The van der Waals surface area contributed by atoms with Crippen molar-refractivity contribution in [3.8, 4) is 11.1 Å². The molecule has 0 amide bonds. The van der Waals surface area contributed by atoms with Crippen LogP contribution < -0.4 is 5.56 Å². The number of aromatic nitrogens is 3. The highest BCUT2D eigenvalue weighted by Crippen LogP contribution is 2.22. The first kappa shape index (κ1) is 14.5. The fraction of sp³-hybridized carbons (Fsp3) is 0.100. The predicted octanol–water partition coefficient (Wildman–Crippen LogP) is 3.75. The van der Waals surface area contributed by atoms with E-state index >= 15 is 0 Å². The lowest BCUT2D eigenvalue weighted by molar-refractivity contribution is 0.760. The molecule has 0 aliphatic rings. The van der Waals surface area contributed by atoms with E-state index in [2.05, 4.69) is 41.4 Å². The zero-order chi connectivity index (χ0) is 16.5. The van der Waals surface area contributed by atoms with Crippen molar-refractivity contribution in [3.63, 3.8) is 0 Å². The lowest BCUT2D eigenvalue weighted by atomic mass is 10.1. The van der Waals surface area contributed by atoms with Crippen molar-refractivity contribution in [1.29, 1.82) is 0 Å². The van der Waals surface area contributed by atoms with Crippen LogP contribution in [0.4, 0.5) is 0 Å². The van der Waals surface area contributed by atoms with Gasteiger partial charge in [0.05, 0.1) is 18.3 Å². The fourth-order valence-electron chi connectivity index (χ4n) is 2.95. The number of hydrogen-bond acceptors (Lipinski definition) is 2. The Hall–Kier alpha value is -3.14. The average Bonchev–Trinajstić information content (AvgIpc) is 3.04. The van der Waals surface area contributed by atoms with Gasteiger partial charge in [-0.25, -0.2) is 0 Å². The van der Waals surface area contributed by atoms with E-state index in [0.29, 0.717) is 6.54 Å². The molecule has 0 saturated carbocycles. The molecule has 0 fully saturated rings. The van der Waals surface area contributed by atoms with E-state index in [4.69, 9.17) is 0 Å². The molecule has 4 nitrogen and oxygen atoms in total. The van der Waals surface area contributed by atoms with Gasteiger partial charge in [0, 0.05) is 17.6 Å². The van der Waals surface area contributed by atoms with Crippen LogP contribution in [0.2, 0.25) is 0 Å². The topological polar surface area (TPSA) is 50.7 Å². The molecular weight excluding hydrogens is 298 g/mol. The zero-order valence-electron chi connectivity index (χ0n) is 13.4. The smallest absolute Gasteiger partial charge is 0.250 e. The van der Waals surface area contributed by atoms with Gasteiger partial charge in [-0.05, 0) is 35.7 Å². The van der Waals surface area contributed by atoms with Gasteiger partial charge in [-0.2, -0.15) is 5.10 Å². The third-order valence-electron chi connectivity index (χ3n) is 4.19. The summed E-state index contributed by atoms with van der Waals surface area (Å²) < 4.78 is 1.75. The first-order valence-corrected chi connectivity index (χ1v) is 7.88. The molecule has 4 heteroatoms. The summed E-state index contributed by atoms with van der Waals surface area (Å²) in [6, 6.07) is 17.9. The maximum Gasteiger partial charge on any atom is 0.250 e. The molecule has 4 aromatic rings. The number of nitrogens with one attached hydrogen (secondary N) is 1. The minimum absolute atomic E-state index is 0.00266. The summed E-state index contributed by atoms with van der Waals surface area (Å²) in [4.78, 5) is 12.2. The molecular formula is C20H17N3O. The maximum atomic E-state index is 12.2. The standard InChI is InChI=1S/C20H17N3O/c1-14-3-2-4-15(9-14)12-23-13-18(7-8-20(23)24)16-5-6-17-11-21-22-19(17)10-16/h2-11,13H,12H2,1H3,(H,21,22). The highest BCUT2D eigenvalue weighted by atomic mass is 16.1. The number of fused-ring (bicyclic) bond motifs is 1. The summed E-state index contributed by atoms with van der Waals surface area (Å²) in [5.74, 6) is 0. The monoisotopic (exact) mass is 315 g/mol. The normalized spacial score (nSPS) is 11.0. The maximum absolute atomic E-state index is 12.2. The Morgan fingerprint density at radius 2 is 1.92 bits per heavy atom. The van der Waals surface area contributed by atoms with Crippen LogP contribution in [0.25, 0.3) is 22.0 Å². The van der Waals surface area contributed by atoms with Crippen LogP contribution in [0.3, 0.4) is 0 Å². The van der Waals surface area contributed by atoms with Crippen molar-refractivity contribution in [3.05, 3.63) is 88.5 Å². The quantitative estimate of drug-likeness (QED) is 0.626. The van der Waals surface area contributed by atoms with E-state index in [1.165, 1.54) is 5.56 Å². The van der Waals surface area contributed by atoms with Crippen LogP contribution >= 0.6 is 0 Å². The lowest BCUT2D eigenvalue weighted by Crippen LogP contribution is -2.19. The number of rotatable bonds is 3. The van der Waals surface area contributed by atoms with Crippen LogP contribution in [-0.2, 0) is 6.54 Å². The Morgan fingerprint density at radius 3 is 2.79 bits per heavy atom. The number of nitrogens with zero attached hydrogens (tertiary/aromatic N) is 2. The molecule has 0 aliphatic heterocycles. The van der Waals surface area contributed by atoms with Crippen molar-refractivity contribution >= 4 is 10.9 Å². The Morgan fingerprint density at radius 1 is 1.04 bits per heavy atom. The van der Waals surface area contributed by atoms with E-state index in [1.54, 1.807) is 16.8 Å². The molecule has 118 valence electrons. The van der Waals surface area contributed by atoms with E-state index in [0.717, 1.165) is 27.6 Å². The van der Waals surface area contributed by atoms with E-state index in [1.807, 2.05) is 30.5 Å². The molecule has 0 radical (unpaired) electrons. The second-order valence-corrected chi connectivity index (χ2v) is 6.04. The molecule has 4 rings (SSSR count). The van der Waals surface area contributed by atoms with Crippen molar-refractivity contribution in [1.82, 2.24) is 14.8 Å². The number of H-pyrrole nitrogens is 1. The Balaban J connectivity index is 1.74. The van der Waals surface area contributed by atoms with Gasteiger partial charge >= 0.3 is 0 Å². The first-order valence-electron chi connectivity index (χ1n) is 7.88. The van der Waals surface area contributed by atoms with Crippen LogP contribution in [0.15, 0.2) is 71.8 Å². The molecule has 0 saturated heterocycles. The Labute approximate surface area is 139 Å². The van der Waals surface area contributed by atoms with E-state index < -0.39 is 0 Å². The largest absolute Gasteiger partial charge is 0.310 e. The molecule has 2 aromatic heterocycles. The number of hydrogen-bond donors (Lipinski definition) is 1. The summed E-state index contributed by atoms with van der Waals surface area (Å²) in [6.45, 7) is 2.63. The minimum Gasteiger partial charge on any atom is -0.310 e. The van der Waals surface area contributed by atoms with E-state index in [-0.39, 0.29) is 5.56 Å². The summed E-state index contributed by atoms with van der Waals surface area (Å²) in [6.07, 6.45) is 3.72. The van der Waals surface area contributed by atoms with Crippen LogP contribution in [0.1, 0.15) is 11.1 Å². The Kier molecular flexibility index (Phi) is 3.50. The molecule has 0 spiro atoms. The van der Waals surface area contributed by atoms with Gasteiger partial charge in [0.2, 0.25) is 0 Å². The summed E-state index contributed by atoms with van der Waals surface area (Å²) in [5, 5.41) is 8.11. The molecule has 2 heterocycles. The Bertz CT molecular complexity index is 1080. The van der Waals surface area contributed by atoms with Gasteiger partial charge in [0.1, 0.15) is 0 Å². The summed E-state index contributed by atoms with van der Waals surface area (Å²) >= 11 is 0. The van der Waals surface area contributed by atoms with Crippen LogP contribution in [0, 0.1) is 6.92 Å². The molecule has 0 atom stereocenters. The van der Waals surface area contributed by atoms with Crippen molar-refractivity contribution < 1.29 is 0 Å². The number of aryl methyl sites for hydroxylation is 1. The average molecular weight is 315 g/mol. The molecule has 0 aliphatic carbocycles. The SMILES string of the molecule is Cc1cccc(Cn2cc(-c3ccc4cn[nH]c4c3)ccc2=O)c1. The minimum atomic E-state index is 0.00266. The lowest BCUT2D eigenvalue weighted by Gasteiger charge is -2.09. The highest BCUT2D eigenvalue weighted by Gasteiger charge is 2.05. The first-order chi connectivity index (χ1) is 11.7. The highest BCUT2D eigenvalue weighted by molar-refractivity contribution is 5.83. The van der Waals surface area contributed by atoms with Gasteiger partial charge < -0.3 is 4.57 Å². The van der Waals surface area contributed by atoms with Gasteiger partial charge in [0.15, 0.2) is 0 Å². The van der Waals surface area contributed by atoms with Gasteiger partial charge in [0.25, 0.3) is 5.56 Å². The second-order valence-electron chi connectivity index (χ2n) is 6.04. The summed E-state index contributed by atoms with van der Waals surface area (Å²) in [7, 11) is 0. The molecule has 0 unspecified atom stereocenters. The second kappa shape index (κ2) is 5.81. The molecule has 2 aromatic carbocycles. The van der Waals surface area contributed by atoms with Gasteiger partial charge in [-0.1, -0.05) is 42.0 Å². The fourth-order valence-corrected chi connectivity index (χ4v) is 2.95. The molecule has 24 heavy (non-hydrogen) atoms. The van der Waals surface area contributed by atoms with Crippen molar-refractivity contribution in [2.24, 2.45) is 0 Å². The van der Waals surface area contributed by atoms with Crippen LogP contribution in [-0.4, -0.2) is 14.8 Å². The van der Waals surface area contributed by atoms with E-state index in [9.17, 15) is 4.79 Å². The third-order valence-corrected chi connectivity index (χ3v) is 4.19. The number of pyridine rings is 1. The third kappa shape index (κ3) is 2.74. The van der Waals surface area contributed by atoms with Gasteiger partial charge in [-0.3, -0.25) is 9.89 Å². The number of benzene rings is 2. The predicted molar refractivity (Wildman–Crippen MR) is 96.1 cm³/mol. The summed E-state index contributed by atoms with van der Waals surface area (Å²) in [5.41, 5.74) is 5.38. The van der Waals surface area contributed by atoms with Crippen LogP contribution in [0.5, 0.6) is 0 Å².